The van der Waals surface area contributed by atoms with E-state index in [-0.39, 0.29) is 17.2 Å². The molecule has 12 heteroatoms. The molecule has 2 aromatic rings. The summed E-state index contributed by atoms with van der Waals surface area (Å²) in [6.07, 6.45) is -0.168. The van der Waals surface area contributed by atoms with Crippen LogP contribution in [0.5, 0.6) is 0 Å². The van der Waals surface area contributed by atoms with Gasteiger partial charge in [0.25, 0.3) is 5.91 Å². The van der Waals surface area contributed by atoms with Gasteiger partial charge < -0.3 is 21.1 Å². The van der Waals surface area contributed by atoms with Crippen LogP contribution in [-0.2, 0) is 24.0 Å². The predicted molar refractivity (Wildman–Crippen MR) is 145 cm³/mol. The minimum absolute atomic E-state index is 0.0623. The molecule has 0 aliphatic carbocycles. The highest BCUT2D eigenvalue weighted by atomic mass is 32.2. The molecule has 4 N–H and O–H groups in total. The minimum Gasteiger partial charge on any atom is -0.372 e. The van der Waals surface area contributed by atoms with Gasteiger partial charge in [-0.25, -0.2) is 13.8 Å². The molecule has 1 aliphatic rings. The zero-order chi connectivity index (χ0) is 28.7. The number of thioether (sulfide) groups is 1. The summed E-state index contributed by atoms with van der Waals surface area (Å²) in [7, 11) is 1.40. The van der Waals surface area contributed by atoms with Gasteiger partial charge in [-0.3, -0.25) is 14.4 Å². The number of carbonyl (C=O) groups excluding carboxylic acids is 3. The van der Waals surface area contributed by atoms with Crippen molar-refractivity contribution in [1.29, 1.82) is 0 Å². The molecule has 3 amide bonds. The van der Waals surface area contributed by atoms with E-state index in [0.717, 1.165) is 30.0 Å². The number of rotatable bonds is 11. The van der Waals surface area contributed by atoms with Crippen LogP contribution in [0.3, 0.4) is 0 Å². The number of hydrazone groups is 1. The van der Waals surface area contributed by atoms with Gasteiger partial charge in [-0.2, -0.15) is 5.10 Å². The highest BCUT2D eigenvalue weighted by Crippen LogP contribution is 2.50. The van der Waals surface area contributed by atoms with Crippen molar-refractivity contribution >= 4 is 34.5 Å². The third kappa shape index (κ3) is 7.00. The Morgan fingerprint density at radius 3 is 2.44 bits per heavy atom. The van der Waals surface area contributed by atoms with Crippen molar-refractivity contribution in [2.24, 2.45) is 10.8 Å². The first-order chi connectivity index (χ1) is 18.5. The van der Waals surface area contributed by atoms with E-state index in [0.29, 0.717) is 18.4 Å². The quantitative estimate of drug-likeness (QED) is 0.362. The number of nitrogens with zero attached hydrogens (tertiary/aromatic N) is 2. The van der Waals surface area contributed by atoms with Crippen LogP contribution in [0.1, 0.15) is 44.7 Å². The molecule has 4 unspecified atom stereocenters. The number of halogens is 2. The van der Waals surface area contributed by atoms with Gasteiger partial charge in [0.1, 0.15) is 33.7 Å². The second-order valence-electron chi connectivity index (χ2n) is 9.22. The fourth-order valence-electron chi connectivity index (χ4n) is 3.95. The Hall–Kier alpha value is -3.35. The summed E-state index contributed by atoms with van der Waals surface area (Å²) in [6, 6.07) is 10.6. The standard InChI is InChI=1S/C27H33F2N5O4S/c1-16(30)23(35)32-17(2)24(36)31-14-8-13-27(19-9-6-5-7-10-19)34(26(37)18(3)38-4)33-25(39-27)21-15-20(28)11-12-22(21)29/h5-7,9-12,15-18H,8,13-14,30H2,1-4H3,(H,31,36)(H,32,35). The van der Waals surface area contributed by atoms with E-state index in [1.807, 2.05) is 30.3 Å². The average Bonchev–Trinajstić information content (AvgIpc) is 3.32. The lowest BCUT2D eigenvalue weighted by Crippen LogP contribution is -2.49. The van der Waals surface area contributed by atoms with E-state index in [1.165, 1.54) is 19.0 Å². The molecular formula is C27H33F2N5O4S. The third-order valence-electron chi connectivity index (χ3n) is 6.25. The van der Waals surface area contributed by atoms with Gasteiger partial charge in [0.15, 0.2) is 0 Å². The number of nitrogens with two attached hydrogens (primary N) is 1. The predicted octanol–water partition coefficient (Wildman–Crippen LogP) is 2.84. The molecule has 1 heterocycles. The Kier molecular flexibility index (Phi) is 10.2. The van der Waals surface area contributed by atoms with Crippen molar-refractivity contribution in [2.45, 2.75) is 56.7 Å². The Bertz CT molecular complexity index is 1230. The zero-order valence-electron chi connectivity index (χ0n) is 22.2. The first-order valence-corrected chi connectivity index (χ1v) is 13.3. The van der Waals surface area contributed by atoms with E-state index in [2.05, 4.69) is 15.7 Å². The van der Waals surface area contributed by atoms with Gasteiger partial charge in [-0.15, -0.1) is 0 Å². The molecule has 2 aromatic carbocycles. The number of amides is 3. The van der Waals surface area contributed by atoms with Crippen molar-refractivity contribution in [3.05, 3.63) is 71.3 Å². The van der Waals surface area contributed by atoms with Gasteiger partial charge in [0.05, 0.1) is 6.04 Å². The topological polar surface area (TPSA) is 126 Å². The van der Waals surface area contributed by atoms with Crippen LogP contribution in [0.25, 0.3) is 0 Å². The van der Waals surface area contributed by atoms with Crippen LogP contribution in [-0.4, -0.2) is 59.6 Å². The van der Waals surface area contributed by atoms with Gasteiger partial charge >= 0.3 is 0 Å². The summed E-state index contributed by atoms with van der Waals surface area (Å²) < 4.78 is 34.1. The summed E-state index contributed by atoms with van der Waals surface area (Å²) in [5, 5.41) is 11.2. The van der Waals surface area contributed by atoms with Crippen molar-refractivity contribution in [1.82, 2.24) is 15.6 Å². The lowest BCUT2D eigenvalue weighted by Gasteiger charge is -2.37. The number of hydrogen-bond donors (Lipinski definition) is 3. The summed E-state index contributed by atoms with van der Waals surface area (Å²) in [6.45, 7) is 4.87. The molecule has 9 nitrogen and oxygen atoms in total. The van der Waals surface area contributed by atoms with Crippen LogP contribution in [0.4, 0.5) is 8.78 Å². The lowest BCUT2D eigenvalue weighted by atomic mass is 9.99. The Balaban J connectivity index is 1.89. The number of methoxy groups -OCH3 is 1. The molecule has 1 aliphatic heterocycles. The van der Waals surface area contributed by atoms with Gasteiger partial charge in [0.2, 0.25) is 11.8 Å². The van der Waals surface area contributed by atoms with Crippen molar-refractivity contribution < 1.29 is 27.9 Å². The van der Waals surface area contributed by atoms with Gasteiger partial charge in [-0.1, -0.05) is 42.1 Å². The normalized spacial score (nSPS) is 19.2. The first kappa shape index (κ1) is 30.2. The second-order valence-corrected chi connectivity index (χ2v) is 10.5. The third-order valence-corrected chi connectivity index (χ3v) is 7.69. The maximum absolute atomic E-state index is 14.8. The number of benzene rings is 2. The molecule has 39 heavy (non-hydrogen) atoms. The fraction of sp³-hybridized carbons (Fsp3) is 0.407. The molecule has 0 spiro atoms. The zero-order valence-corrected chi connectivity index (χ0v) is 23.1. The van der Waals surface area contributed by atoms with E-state index >= 15 is 0 Å². The van der Waals surface area contributed by atoms with Gasteiger partial charge in [0, 0.05) is 19.2 Å². The summed E-state index contributed by atoms with van der Waals surface area (Å²) in [4.78, 5) is 36.7. The van der Waals surface area contributed by atoms with E-state index < -0.39 is 52.4 Å². The molecule has 210 valence electrons. The molecule has 0 radical (unpaired) electrons. The first-order valence-electron chi connectivity index (χ1n) is 12.5. The van der Waals surface area contributed by atoms with Crippen LogP contribution in [0.2, 0.25) is 0 Å². The molecule has 0 saturated carbocycles. The minimum atomic E-state index is -1.13. The van der Waals surface area contributed by atoms with Crippen LogP contribution in [0, 0.1) is 11.6 Å². The smallest absolute Gasteiger partial charge is 0.273 e. The largest absolute Gasteiger partial charge is 0.372 e. The summed E-state index contributed by atoms with van der Waals surface area (Å²) >= 11 is 1.14. The number of carbonyl (C=O) groups is 3. The highest BCUT2D eigenvalue weighted by Gasteiger charge is 2.49. The van der Waals surface area contributed by atoms with Crippen LogP contribution >= 0.6 is 11.8 Å². The maximum atomic E-state index is 14.8. The highest BCUT2D eigenvalue weighted by molar-refractivity contribution is 8.15. The lowest BCUT2D eigenvalue weighted by molar-refractivity contribution is -0.144. The number of ether oxygens (including phenoxy) is 1. The summed E-state index contributed by atoms with van der Waals surface area (Å²) in [5.74, 6) is -2.61. The maximum Gasteiger partial charge on any atom is 0.273 e. The molecule has 0 fully saturated rings. The SMILES string of the molecule is COC(C)C(=O)N1N=C(c2cc(F)ccc2F)SC1(CCCNC(=O)C(C)NC(=O)C(C)N)c1ccccc1. The fourth-order valence-corrected chi connectivity index (χ4v) is 5.38. The van der Waals surface area contributed by atoms with Gasteiger partial charge in [-0.05, 0) is 57.4 Å². The van der Waals surface area contributed by atoms with E-state index in [4.69, 9.17) is 10.5 Å². The molecule has 0 bridgehead atoms. The van der Waals surface area contributed by atoms with Crippen molar-refractivity contribution in [3.63, 3.8) is 0 Å². The van der Waals surface area contributed by atoms with Crippen LogP contribution < -0.4 is 16.4 Å². The van der Waals surface area contributed by atoms with Crippen LogP contribution in [0.15, 0.2) is 53.6 Å². The molecule has 0 aromatic heterocycles. The van der Waals surface area contributed by atoms with Crippen molar-refractivity contribution in [3.8, 4) is 0 Å². The Morgan fingerprint density at radius 2 is 1.79 bits per heavy atom. The second kappa shape index (κ2) is 13.1. The number of hydrogen-bond acceptors (Lipinski definition) is 7. The molecule has 3 rings (SSSR count). The monoisotopic (exact) mass is 561 g/mol. The number of nitrogens with one attached hydrogen (secondary N) is 2. The van der Waals surface area contributed by atoms with E-state index in [9.17, 15) is 23.2 Å². The van der Waals surface area contributed by atoms with Crippen molar-refractivity contribution in [2.75, 3.05) is 13.7 Å². The molecular weight excluding hydrogens is 528 g/mol. The Morgan fingerprint density at radius 1 is 1.10 bits per heavy atom. The average molecular weight is 562 g/mol. The van der Waals surface area contributed by atoms with E-state index in [1.54, 1.807) is 13.8 Å². The summed E-state index contributed by atoms with van der Waals surface area (Å²) in [5.41, 5.74) is 6.19. The molecule has 4 atom stereocenters. The molecule has 0 saturated heterocycles. The Labute approximate surface area is 230 Å².